The number of carbonyl (C=O) groups excluding carboxylic acids is 2. The molecular formula is C24H16BrClO5. The maximum atomic E-state index is 12.7. The van der Waals surface area contributed by atoms with Crippen LogP contribution in [0.3, 0.4) is 0 Å². The molecular weight excluding hydrogens is 484 g/mol. The molecule has 0 radical (unpaired) electrons. The highest BCUT2D eigenvalue weighted by Crippen LogP contribution is 2.36. The summed E-state index contributed by atoms with van der Waals surface area (Å²) in [6.45, 7) is -0.147. The largest absolute Gasteiger partial charge is 0.496 e. The Bertz CT molecular complexity index is 1200. The monoisotopic (exact) mass is 498 g/mol. The summed E-state index contributed by atoms with van der Waals surface area (Å²) in [5, 5.41) is 0.558. The minimum Gasteiger partial charge on any atom is -0.496 e. The number of Topliss-reactive ketones (excluding diaryl/α,β-unsaturated/α-hetero) is 2. The Labute approximate surface area is 192 Å². The number of ketones is 2. The number of carbonyl (C=O) groups is 2. The first-order chi connectivity index (χ1) is 14.9. The van der Waals surface area contributed by atoms with Crippen LogP contribution in [-0.4, -0.2) is 25.3 Å². The molecule has 0 amide bonds. The lowest BCUT2D eigenvalue weighted by Gasteiger charge is -2.07. The zero-order valence-corrected chi connectivity index (χ0v) is 18.7. The van der Waals surface area contributed by atoms with Crippen molar-refractivity contribution < 1.29 is 23.8 Å². The van der Waals surface area contributed by atoms with Gasteiger partial charge in [-0.2, -0.15) is 0 Å². The molecule has 0 atom stereocenters. The lowest BCUT2D eigenvalue weighted by Crippen LogP contribution is -2.11. The highest BCUT2D eigenvalue weighted by Gasteiger charge is 2.28. The molecule has 4 rings (SSSR count). The average molecular weight is 500 g/mol. The van der Waals surface area contributed by atoms with Crippen molar-refractivity contribution in [2.24, 2.45) is 0 Å². The summed E-state index contributed by atoms with van der Waals surface area (Å²) in [5.41, 5.74) is 1.64. The van der Waals surface area contributed by atoms with Crippen LogP contribution in [-0.2, 0) is 0 Å². The van der Waals surface area contributed by atoms with Crippen molar-refractivity contribution in [1.29, 1.82) is 0 Å². The molecule has 1 aliphatic heterocycles. The SMILES string of the molecule is COc1ccc(Br)cc1C=C1Oc2cc(OCC(=O)c3ccc(Cl)cc3)ccc2C1=O. The van der Waals surface area contributed by atoms with Crippen molar-refractivity contribution in [3.8, 4) is 17.2 Å². The molecule has 0 spiro atoms. The Balaban J connectivity index is 1.50. The first-order valence-corrected chi connectivity index (χ1v) is 10.4. The van der Waals surface area contributed by atoms with Gasteiger partial charge in [0.25, 0.3) is 0 Å². The van der Waals surface area contributed by atoms with Gasteiger partial charge in [0.15, 0.2) is 18.1 Å². The number of fused-ring (bicyclic) bond motifs is 1. The fourth-order valence-corrected chi connectivity index (χ4v) is 3.59. The van der Waals surface area contributed by atoms with E-state index in [4.69, 9.17) is 25.8 Å². The second-order valence-electron chi connectivity index (χ2n) is 6.70. The molecule has 0 aromatic heterocycles. The van der Waals surface area contributed by atoms with Gasteiger partial charge in [-0.05, 0) is 60.7 Å². The quantitative estimate of drug-likeness (QED) is 0.308. The highest BCUT2D eigenvalue weighted by molar-refractivity contribution is 9.10. The molecule has 156 valence electrons. The summed E-state index contributed by atoms with van der Waals surface area (Å²) in [6.07, 6.45) is 1.64. The van der Waals surface area contributed by atoms with Crippen molar-refractivity contribution in [2.45, 2.75) is 0 Å². The number of ether oxygens (including phenoxy) is 3. The van der Waals surface area contributed by atoms with Gasteiger partial charge < -0.3 is 14.2 Å². The lowest BCUT2D eigenvalue weighted by atomic mass is 10.1. The van der Waals surface area contributed by atoms with E-state index < -0.39 is 0 Å². The molecule has 1 aliphatic rings. The van der Waals surface area contributed by atoms with E-state index in [0.29, 0.717) is 39.0 Å². The van der Waals surface area contributed by atoms with Gasteiger partial charge >= 0.3 is 0 Å². The number of halogens is 2. The Hall–Kier alpha value is -3.09. The molecule has 3 aromatic carbocycles. The minimum atomic E-state index is -0.235. The van der Waals surface area contributed by atoms with Crippen molar-refractivity contribution in [3.63, 3.8) is 0 Å². The first kappa shape index (κ1) is 21.2. The molecule has 3 aromatic rings. The number of hydrogen-bond acceptors (Lipinski definition) is 5. The van der Waals surface area contributed by atoms with Crippen LogP contribution in [0.1, 0.15) is 26.3 Å². The molecule has 0 saturated heterocycles. The van der Waals surface area contributed by atoms with Crippen LogP contribution in [0.4, 0.5) is 0 Å². The Morgan fingerprint density at radius 2 is 1.87 bits per heavy atom. The Morgan fingerprint density at radius 1 is 1.10 bits per heavy atom. The van der Waals surface area contributed by atoms with Gasteiger partial charge in [0.05, 0.1) is 12.7 Å². The van der Waals surface area contributed by atoms with E-state index in [1.807, 2.05) is 12.1 Å². The summed E-state index contributed by atoms with van der Waals surface area (Å²) in [6, 6.07) is 16.9. The van der Waals surface area contributed by atoms with E-state index in [1.54, 1.807) is 61.7 Å². The molecule has 0 bridgehead atoms. The van der Waals surface area contributed by atoms with Crippen molar-refractivity contribution in [3.05, 3.63) is 92.6 Å². The smallest absolute Gasteiger partial charge is 0.231 e. The molecule has 0 fully saturated rings. The Morgan fingerprint density at radius 3 is 2.61 bits per heavy atom. The number of methoxy groups -OCH3 is 1. The van der Waals surface area contributed by atoms with E-state index in [9.17, 15) is 9.59 Å². The first-order valence-electron chi connectivity index (χ1n) is 9.28. The average Bonchev–Trinajstić information content (AvgIpc) is 3.07. The van der Waals surface area contributed by atoms with Gasteiger partial charge in [0.1, 0.15) is 17.2 Å². The van der Waals surface area contributed by atoms with Crippen LogP contribution in [0, 0.1) is 0 Å². The third-order valence-corrected chi connectivity index (χ3v) is 5.40. The summed E-state index contributed by atoms with van der Waals surface area (Å²) in [5.74, 6) is 1.18. The lowest BCUT2D eigenvalue weighted by molar-refractivity contribution is 0.0921. The third-order valence-electron chi connectivity index (χ3n) is 4.66. The van der Waals surface area contributed by atoms with E-state index in [2.05, 4.69) is 15.9 Å². The topological polar surface area (TPSA) is 61.8 Å². The van der Waals surface area contributed by atoms with Gasteiger partial charge in [-0.15, -0.1) is 0 Å². The Kier molecular flexibility index (Phi) is 6.11. The molecule has 0 N–H and O–H groups in total. The van der Waals surface area contributed by atoms with Gasteiger partial charge in [0, 0.05) is 26.7 Å². The maximum Gasteiger partial charge on any atom is 0.231 e. The number of allylic oxidation sites excluding steroid dienone is 1. The normalized spacial score (nSPS) is 13.6. The summed E-state index contributed by atoms with van der Waals surface area (Å²) < 4.78 is 17.6. The standard InChI is InChI=1S/C24H16BrClO5/c1-29-21-9-4-16(25)10-15(21)11-23-24(28)19-8-7-18(12-22(19)31-23)30-13-20(27)14-2-5-17(26)6-3-14/h2-12H,13H2,1H3. The number of hydrogen-bond donors (Lipinski definition) is 0. The summed E-state index contributed by atoms with van der Waals surface area (Å²) >= 11 is 9.26. The molecule has 0 saturated carbocycles. The predicted molar refractivity (Wildman–Crippen MR) is 121 cm³/mol. The second kappa shape index (κ2) is 8.96. The van der Waals surface area contributed by atoms with Crippen LogP contribution >= 0.6 is 27.5 Å². The number of rotatable bonds is 6. The van der Waals surface area contributed by atoms with Gasteiger partial charge in [0.2, 0.25) is 5.78 Å². The van der Waals surface area contributed by atoms with Crippen LogP contribution < -0.4 is 14.2 Å². The molecule has 0 aliphatic carbocycles. The molecule has 0 unspecified atom stereocenters. The second-order valence-corrected chi connectivity index (χ2v) is 8.05. The highest BCUT2D eigenvalue weighted by atomic mass is 79.9. The summed E-state index contributed by atoms with van der Waals surface area (Å²) in [4.78, 5) is 25.0. The number of benzene rings is 3. The van der Waals surface area contributed by atoms with E-state index >= 15 is 0 Å². The van der Waals surface area contributed by atoms with E-state index in [1.165, 1.54) is 0 Å². The van der Waals surface area contributed by atoms with Gasteiger partial charge in [-0.3, -0.25) is 9.59 Å². The molecule has 1 heterocycles. The van der Waals surface area contributed by atoms with Crippen molar-refractivity contribution >= 4 is 45.2 Å². The maximum absolute atomic E-state index is 12.7. The third kappa shape index (κ3) is 4.65. The van der Waals surface area contributed by atoms with E-state index in [0.717, 1.165) is 4.47 Å². The fourth-order valence-electron chi connectivity index (χ4n) is 3.08. The van der Waals surface area contributed by atoms with Crippen LogP contribution in [0.5, 0.6) is 17.2 Å². The zero-order chi connectivity index (χ0) is 22.0. The van der Waals surface area contributed by atoms with Crippen LogP contribution in [0.15, 0.2) is 70.9 Å². The van der Waals surface area contributed by atoms with E-state index in [-0.39, 0.29) is 23.9 Å². The van der Waals surface area contributed by atoms with Gasteiger partial charge in [-0.1, -0.05) is 27.5 Å². The predicted octanol–water partition coefficient (Wildman–Crippen LogP) is 5.99. The molecule has 7 heteroatoms. The zero-order valence-electron chi connectivity index (χ0n) is 16.4. The van der Waals surface area contributed by atoms with Crippen LogP contribution in [0.25, 0.3) is 6.08 Å². The molecule has 31 heavy (non-hydrogen) atoms. The van der Waals surface area contributed by atoms with Gasteiger partial charge in [-0.25, -0.2) is 0 Å². The fraction of sp³-hybridized carbons (Fsp3) is 0.0833. The van der Waals surface area contributed by atoms with Crippen LogP contribution in [0.2, 0.25) is 5.02 Å². The van der Waals surface area contributed by atoms with Crippen molar-refractivity contribution in [1.82, 2.24) is 0 Å². The molecule has 5 nitrogen and oxygen atoms in total. The minimum absolute atomic E-state index is 0.147. The van der Waals surface area contributed by atoms with Crippen molar-refractivity contribution in [2.75, 3.05) is 13.7 Å². The summed E-state index contributed by atoms with van der Waals surface area (Å²) in [7, 11) is 1.56.